The first-order valence-corrected chi connectivity index (χ1v) is 8.58. The maximum Gasteiger partial charge on any atom is 0.422 e. The van der Waals surface area contributed by atoms with E-state index in [0.717, 1.165) is 35.0 Å². The second-order valence-electron chi connectivity index (χ2n) is 6.13. The standard InChI is InChI=1S/C20H12F4N4O3/c21-13-1-4-15(5-2-13)28-18(29)8-6-16(27-28)19(30)26-14-3-7-17(12(9-14)10-25)31-11-20(22,23)24/h1-9H,11H2,(H,26,30). The Labute approximate surface area is 172 Å². The maximum atomic E-state index is 13.1. The quantitative estimate of drug-likeness (QED) is 0.623. The minimum absolute atomic E-state index is 0.0993. The number of hydrogen-bond acceptors (Lipinski definition) is 5. The molecule has 7 nitrogen and oxygen atoms in total. The van der Waals surface area contributed by atoms with E-state index >= 15 is 0 Å². The molecule has 1 aromatic heterocycles. The first-order valence-electron chi connectivity index (χ1n) is 8.58. The van der Waals surface area contributed by atoms with Gasteiger partial charge in [-0.25, -0.2) is 4.39 Å². The molecular formula is C20H12F4N4O3. The fraction of sp³-hybridized carbons (Fsp3) is 0.100. The van der Waals surface area contributed by atoms with E-state index in [9.17, 15) is 27.2 Å². The third kappa shape index (κ3) is 5.45. The van der Waals surface area contributed by atoms with Gasteiger partial charge in [0.25, 0.3) is 11.5 Å². The number of benzene rings is 2. The van der Waals surface area contributed by atoms with Crippen molar-refractivity contribution in [1.82, 2.24) is 9.78 Å². The van der Waals surface area contributed by atoms with Crippen LogP contribution in [0.15, 0.2) is 59.4 Å². The number of hydrogen-bond donors (Lipinski definition) is 1. The van der Waals surface area contributed by atoms with Crippen LogP contribution >= 0.6 is 0 Å². The Morgan fingerprint density at radius 3 is 2.48 bits per heavy atom. The zero-order valence-corrected chi connectivity index (χ0v) is 15.5. The zero-order chi connectivity index (χ0) is 22.6. The van der Waals surface area contributed by atoms with Gasteiger partial charge in [0.15, 0.2) is 6.61 Å². The summed E-state index contributed by atoms with van der Waals surface area (Å²) in [6.07, 6.45) is -4.57. The fourth-order valence-electron chi connectivity index (χ4n) is 2.48. The average Bonchev–Trinajstić information content (AvgIpc) is 2.73. The number of carbonyl (C=O) groups excluding carboxylic acids is 1. The summed E-state index contributed by atoms with van der Waals surface area (Å²) in [5.41, 5.74) is -0.603. The highest BCUT2D eigenvalue weighted by Crippen LogP contribution is 2.25. The van der Waals surface area contributed by atoms with Crippen LogP contribution in [0.25, 0.3) is 5.69 Å². The summed E-state index contributed by atoms with van der Waals surface area (Å²) >= 11 is 0. The van der Waals surface area contributed by atoms with Gasteiger partial charge in [0.2, 0.25) is 0 Å². The molecule has 158 valence electrons. The van der Waals surface area contributed by atoms with Crippen LogP contribution < -0.4 is 15.6 Å². The second-order valence-corrected chi connectivity index (χ2v) is 6.13. The predicted molar refractivity (Wildman–Crippen MR) is 100 cm³/mol. The summed E-state index contributed by atoms with van der Waals surface area (Å²) < 4.78 is 55.5. The van der Waals surface area contributed by atoms with Gasteiger partial charge in [-0.05, 0) is 48.5 Å². The number of anilines is 1. The zero-order valence-electron chi connectivity index (χ0n) is 15.5. The Morgan fingerprint density at radius 2 is 1.84 bits per heavy atom. The molecule has 0 saturated carbocycles. The third-order valence-electron chi connectivity index (χ3n) is 3.85. The van der Waals surface area contributed by atoms with Crippen LogP contribution in [-0.4, -0.2) is 28.5 Å². The molecule has 3 aromatic rings. The molecule has 0 aliphatic rings. The Morgan fingerprint density at radius 1 is 1.13 bits per heavy atom. The molecule has 0 unspecified atom stereocenters. The van der Waals surface area contributed by atoms with Gasteiger partial charge >= 0.3 is 6.18 Å². The monoisotopic (exact) mass is 432 g/mol. The molecule has 1 amide bonds. The van der Waals surface area contributed by atoms with Crippen molar-refractivity contribution in [2.24, 2.45) is 0 Å². The van der Waals surface area contributed by atoms with Crippen molar-refractivity contribution in [3.8, 4) is 17.5 Å². The van der Waals surface area contributed by atoms with E-state index in [1.807, 2.05) is 0 Å². The van der Waals surface area contributed by atoms with Crippen LogP contribution in [0.2, 0.25) is 0 Å². The lowest BCUT2D eigenvalue weighted by Crippen LogP contribution is -2.25. The van der Waals surface area contributed by atoms with Gasteiger partial charge in [-0.1, -0.05) is 0 Å². The number of ether oxygens (including phenoxy) is 1. The summed E-state index contributed by atoms with van der Waals surface area (Å²) in [5, 5.41) is 15.5. The molecule has 1 N–H and O–H groups in total. The molecule has 3 rings (SSSR count). The first kappa shape index (κ1) is 21.5. The normalized spacial score (nSPS) is 10.9. The Balaban J connectivity index is 1.81. The molecule has 1 heterocycles. The second kappa shape index (κ2) is 8.66. The van der Waals surface area contributed by atoms with Gasteiger partial charge in [0.05, 0.1) is 11.3 Å². The smallest absolute Gasteiger partial charge is 0.422 e. The molecule has 2 aromatic carbocycles. The van der Waals surface area contributed by atoms with Gasteiger partial charge < -0.3 is 10.1 Å². The topological polar surface area (TPSA) is 97.0 Å². The number of halogens is 4. The lowest BCUT2D eigenvalue weighted by molar-refractivity contribution is -0.153. The average molecular weight is 432 g/mol. The number of amides is 1. The van der Waals surface area contributed by atoms with Crippen LogP contribution in [0.1, 0.15) is 16.1 Å². The van der Waals surface area contributed by atoms with Crippen LogP contribution in [0.4, 0.5) is 23.2 Å². The van der Waals surface area contributed by atoms with Crippen molar-refractivity contribution in [2.45, 2.75) is 6.18 Å². The van der Waals surface area contributed by atoms with E-state index in [4.69, 9.17) is 5.26 Å². The van der Waals surface area contributed by atoms with E-state index < -0.39 is 30.1 Å². The van der Waals surface area contributed by atoms with Crippen molar-refractivity contribution in [3.05, 3.63) is 82.0 Å². The summed E-state index contributed by atoms with van der Waals surface area (Å²) in [6.45, 7) is -1.57. The predicted octanol–water partition coefficient (Wildman–Crippen LogP) is 3.44. The van der Waals surface area contributed by atoms with E-state index in [1.165, 1.54) is 24.3 Å². The SMILES string of the molecule is N#Cc1cc(NC(=O)c2ccc(=O)n(-c3ccc(F)cc3)n2)ccc1OCC(F)(F)F. The van der Waals surface area contributed by atoms with Crippen LogP contribution in [-0.2, 0) is 0 Å². The number of nitriles is 1. The van der Waals surface area contributed by atoms with Crippen molar-refractivity contribution in [3.63, 3.8) is 0 Å². The van der Waals surface area contributed by atoms with Crippen LogP contribution in [0, 0.1) is 17.1 Å². The van der Waals surface area contributed by atoms with E-state index in [-0.39, 0.29) is 28.4 Å². The molecule has 31 heavy (non-hydrogen) atoms. The lowest BCUT2D eigenvalue weighted by Gasteiger charge is -2.12. The van der Waals surface area contributed by atoms with Crippen molar-refractivity contribution in [1.29, 1.82) is 5.26 Å². The minimum atomic E-state index is -4.57. The Hall–Kier alpha value is -4.20. The maximum absolute atomic E-state index is 13.1. The molecule has 0 fully saturated rings. The van der Waals surface area contributed by atoms with Gasteiger partial charge in [-0.3, -0.25) is 9.59 Å². The number of nitrogens with one attached hydrogen (secondary N) is 1. The lowest BCUT2D eigenvalue weighted by atomic mass is 10.2. The number of nitrogens with zero attached hydrogens (tertiary/aromatic N) is 3. The number of carbonyl (C=O) groups is 1. The minimum Gasteiger partial charge on any atom is -0.483 e. The molecule has 0 aliphatic heterocycles. The highest BCUT2D eigenvalue weighted by molar-refractivity contribution is 6.02. The van der Waals surface area contributed by atoms with Crippen molar-refractivity contribution >= 4 is 11.6 Å². The van der Waals surface area contributed by atoms with Gasteiger partial charge in [-0.15, -0.1) is 0 Å². The van der Waals surface area contributed by atoms with Crippen molar-refractivity contribution in [2.75, 3.05) is 11.9 Å². The summed E-state index contributed by atoms with van der Waals surface area (Å²) in [7, 11) is 0. The first-order chi connectivity index (χ1) is 14.7. The summed E-state index contributed by atoms with van der Waals surface area (Å²) in [5.74, 6) is -1.55. The van der Waals surface area contributed by atoms with Gasteiger partial charge in [-0.2, -0.15) is 28.2 Å². The molecule has 0 saturated heterocycles. The molecule has 0 radical (unpaired) electrons. The molecule has 0 atom stereocenters. The third-order valence-corrected chi connectivity index (χ3v) is 3.85. The van der Waals surface area contributed by atoms with E-state index in [2.05, 4.69) is 15.2 Å². The molecular weight excluding hydrogens is 420 g/mol. The molecule has 11 heteroatoms. The summed E-state index contributed by atoms with van der Waals surface area (Å²) in [4.78, 5) is 24.5. The van der Waals surface area contributed by atoms with Crippen LogP contribution in [0.5, 0.6) is 5.75 Å². The number of rotatable bonds is 5. The largest absolute Gasteiger partial charge is 0.483 e. The molecule has 0 bridgehead atoms. The van der Waals surface area contributed by atoms with Gasteiger partial charge in [0, 0.05) is 11.8 Å². The van der Waals surface area contributed by atoms with Crippen LogP contribution in [0.3, 0.4) is 0 Å². The fourth-order valence-corrected chi connectivity index (χ4v) is 2.48. The molecule has 0 aliphatic carbocycles. The summed E-state index contributed by atoms with van der Waals surface area (Å²) in [6, 6.07) is 12.3. The Bertz CT molecular complexity index is 1210. The highest BCUT2D eigenvalue weighted by Gasteiger charge is 2.29. The highest BCUT2D eigenvalue weighted by atomic mass is 19.4. The molecule has 0 spiro atoms. The Kier molecular flexibility index (Phi) is 6.01. The van der Waals surface area contributed by atoms with Gasteiger partial charge in [0.1, 0.15) is 23.3 Å². The number of alkyl halides is 3. The van der Waals surface area contributed by atoms with E-state index in [0.29, 0.717) is 0 Å². The number of aromatic nitrogens is 2. The van der Waals surface area contributed by atoms with E-state index in [1.54, 1.807) is 6.07 Å². The van der Waals surface area contributed by atoms with Crippen molar-refractivity contribution < 1.29 is 27.1 Å².